The van der Waals surface area contributed by atoms with E-state index in [1.54, 1.807) is 24.5 Å². The van der Waals surface area contributed by atoms with Gasteiger partial charge in [0, 0.05) is 79.6 Å². The first-order valence-corrected chi connectivity index (χ1v) is 27.4. The van der Waals surface area contributed by atoms with E-state index >= 15 is 0 Å². The molecule has 0 saturated carbocycles. The number of allylic oxidation sites excluding steroid dienone is 1. The fraction of sp³-hybridized carbons (Fsp3) is 0.508. The number of hydrogen-bond acceptors (Lipinski definition) is 13. The van der Waals surface area contributed by atoms with Crippen molar-refractivity contribution in [2.75, 3.05) is 70.5 Å². The van der Waals surface area contributed by atoms with Gasteiger partial charge >= 0.3 is 0 Å². The van der Waals surface area contributed by atoms with E-state index in [9.17, 15) is 24.0 Å². The average Bonchev–Trinajstić information content (AvgIpc) is 3.72. The number of ether oxygens (including phenoxy) is 4. The lowest BCUT2D eigenvalue weighted by Crippen LogP contribution is -2.52. The Morgan fingerprint density at radius 2 is 1.55 bits per heavy atom. The quantitative estimate of drug-likeness (QED) is 0.0285. The van der Waals surface area contributed by atoms with E-state index in [1.807, 2.05) is 67.7 Å². The zero-order chi connectivity index (χ0) is 53.7. The van der Waals surface area contributed by atoms with Crippen molar-refractivity contribution in [2.24, 2.45) is 11.8 Å². The fourth-order valence-electron chi connectivity index (χ4n) is 10.3. The van der Waals surface area contributed by atoms with Crippen LogP contribution in [0.25, 0.3) is 0 Å². The summed E-state index contributed by atoms with van der Waals surface area (Å²) in [5.41, 5.74) is 6.45. The van der Waals surface area contributed by atoms with Crippen LogP contribution in [-0.4, -0.2) is 115 Å². The van der Waals surface area contributed by atoms with Crippen LogP contribution in [0.15, 0.2) is 97.1 Å². The van der Waals surface area contributed by atoms with Gasteiger partial charge in [0.05, 0.1) is 57.4 Å². The molecule has 4 unspecified atom stereocenters. The van der Waals surface area contributed by atoms with Crippen molar-refractivity contribution in [3.8, 4) is 5.75 Å². The van der Waals surface area contributed by atoms with Crippen LogP contribution in [0.1, 0.15) is 147 Å². The summed E-state index contributed by atoms with van der Waals surface area (Å²) in [5, 5.41) is 12.0. The Hall–Kier alpha value is -6.69. The summed E-state index contributed by atoms with van der Waals surface area (Å²) in [4.78, 5) is 75.8. The van der Waals surface area contributed by atoms with Crippen LogP contribution in [0.2, 0.25) is 0 Å². The summed E-state index contributed by atoms with van der Waals surface area (Å²) >= 11 is 0. The lowest BCUT2D eigenvalue weighted by Gasteiger charge is -2.37. The van der Waals surface area contributed by atoms with Crippen molar-refractivity contribution < 1.29 is 42.9 Å². The van der Waals surface area contributed by atoms with Crippen LogP contribution in [0.4, 0.5) is 11.4 Å². The van der Waals surface area contributed by atoms with Crippen LogP contribution < -0.4 is 26.0 Å². The summed E-state index contributed by atoms with van der Waals surface area (Å²) in [7, 11) is 2.15. The van der Waals surface area contributed by atoms with Crippen LogP contribution in [-0.2, 0) is 35.1 Å². The molecule has 5 amide bonds. The third-order valence-corrected chi connectivity index (χ3v) is 14.7. The maximum absolute atomic E-state index is 13.4. The Morgan fingerprint density at radius 3 is 2.26 bits per heavy atom. The molecule has 1 aromatic heterocycles. The zero-order valence-corrected chi connectivity index (χ0v) is 44.9. The normalized spacial score (nSPS) is 18.8. The number of unbranched alkanes of at least 4 members (excludes halogenated alkanes) is 5. The molecule has 408 valence electrons. The number of carbonyl (C=O) groups excluding carboxylic acids is 5. The number of benzene rings is 3. The number of anilines is 2. The molecule has 1 saturated heterocycles. The molecule has 17 heteroatoms. The van der Waals surface area contributed by atoms with E-state index in [4.69, 9.17) is 18.9 Å². The smallest absolute Gasteiger partial charge is 0.255 e. The van der Waals surface area contributed by atoms with Crippen LogP contribution >= 0.6 is 0 Å². The van der Waals surface area contributed by atoms with E-state index < -0.39 is 11.9 Å². The Morgan fingerprint density at radius 1 is 0.842 bits per heavy atom. The SMILES string of the molecule is CCC1C(C)CC=C(CNc2cccc(C(=O)N[C@H](C)c3ccc(OCCCCCCOCCOCCOCCCCCC(=O)Nc4cccc5c4CN(C4CCC(=O)NC4=O)C5=O)cc3)c2)N(C)C1c1ccncn1. The van der Waals surface area contributed by atoms with Crippen LogP contribution in [0.3, 0.4) is 0 Å². The molecule has 1 fully saturated rings. The summed E-state index contributed by atoms with van der Waals surface area (Å²) < 4.78 is 23.1. The van der Waals surface area contributed by atoms with Crippen molar-refractivity contribution in [2.45, 2.75) is 122 Å². The van der Waals surface area contributed by atoms with Crippen LogP contribution in [0, 0.1) is 11.8 Å². The zero-order valence-electron chi connectivity index (χ0n) is 44.9. The van der Waals surface area contributed by atoms with Gasteiger partial charge < -0.3 is 44.7 Å². The number of fused-ring (bicyclic) bond motifs is 1. The topological polar surface area (TPSA) is 203 Å². The molecule has 4 N–H and O–H groups in total. The number of likely N-dealkylation sites (N-methyl/N-ethyl adjacent to an activating group) is 1. The molecule has 5 atom stereocenters. The van der Waals surface area contributed by atoms with Gasteiger partial charge in [0.2, 0.25) is 17.7 Å². The third-order valence-electron chi connectivity index (χ3n) is 14.7. The highest BCUT2D eigenvalue weighted by molar-refractivity contribution is 6.06. The third kappa shape index (κ3) is 16.4. The number of imide groups is 1. The molecule has 0 aliphatic carbocycles. The number of hydrogen-bond donors (Lipinski definition) is 4. The molecular formula is C59H78N8O9. The van der Waals surface area contributed by atoms with Gasteiger partial charge in [-0.05, 0) is 118 Å². The maximum Gasteiger partial charge on any atom is 0.255 e. The summed E-state index contributed by atoms with van der Waals surface area (Å²) in [6.45, 7) is 11.4. The average molecular weight is 1040 g/mol. The van der Waals surface area contributed by atoms with E-state index in [2.05, 4.69) is 63.1 Å². The minimum atomic E-state index is -0.704. The van der Waals surface area contributed by atoms with Gasteiger partial charge in [0.25, 0.3) is 11.8 Å². The molecule has 3 aliphatic heterocycles. The number of carbonyl (C=O) groups is 5. The summed E-state index contributed by atoms with van der Waals surface area (Å²) in [5.74, 6) is 0.453. The second kappa shape index (κ2) is 29.6. The first kappa shape index (κ1) is 57.0. The Labute approximate surface area is 448 Å². The van der Waals surface area contributed by atoms with Gasteiger partial charge in [-0.1, -0.05) is 63.5 Å². The molecule has 0 radical (unpaired) electrons. The van der Waals surface area contributed by atoms with Crippen molar-refractivity contribution in [3.63, 3.8) is 0 Å². The van der Waals surface area contributed by atoms with Crippen LogP contribution in [0.5, 0.6) is 5.75 Å². The molecule has 4 heterocycles. The second-order valence-corrected chi connectivity index (χ2v) is 20.1. The van der Waals surface area contributed by atoms with Gasteiger partial charge in [0.15, 0.2) is 0 Å². The van der Waals surface area contributed by atoms with E-state index in [-0.39, 0.29) is 55.1 Å². The van der Waals surface area contributed by atoms with Gasteiger partial charge in [-0.2, -0.15) is 0 Å². The molecule has 76 heavy (non-hydrogen) atoms. The highest BCUT2D eigenvalue weighted by Gasteiger charge is 2.40. The van der Waals surface area contributed by atoms with E-state index in [0.29, 0.717) is 99.8 Å². The minimum absolute atomic E-state index is 0.130. The maximum atomic E-state index is 13.4. The van der Waals surface area contributed by atoms with Gasteiger partial charge in [-0.25, -0.2) is 9.97 Å². The summed E-state index contributed by atoms with van der Waals surface area (Å²) in [6, 6.07) is 22.1. The van der Waals surface area contributed by atoms with Crippen molar-refractivity contribution in [3.05, 3.63) is 125 Å². The molecule has 7 rings (SSSR count). The number of amides is 5. The molecule has 0 bridgehead atoms. The standard InChI is InChI=1S/C59H78N8O9/c1-5-48-41(2)20-23-46(66(4)56(48)52-28-29-60-40-62-52)38-61-45-16-13-15-44(37-45)57(70)63-42(3)43-21-24-47(25-22-43)76-32-12-7-6-10-30-73-33-35-75-36-34-74-31-11-8-9-19-54(68)64-51-18-14-17-49-50(51)39-67(59(49)72)53-26-27-55(69)65-58(53)71/h13-18,21-25,28-29,37,40-42,48,53,56,61H,5-12,19-20,26-27,30-36,38-39H2,1-4H3,(H,63,70)(H,64,68)(H,65,69,71)/t41?,42-,48?,53?,56?/m1/s1. The number of rotatable bonds is 30. The van der Waals surface area contributed by atoms with Gasteiger partial charge in [-0.15, -0.1) is 0 Å². The molecule has 3 aliphatic rings. The Bertz CT molecular complexity index is 2560. The summed E-state index contributed by atoms with van der Waals surface area (Å²) in [6.07, 6.45) is 15.1. The van der Waals surface area contributed by atoms with E-state index in [1.165, 1.54) is 10.6 Å². The predicted molar refractivity (Wildman–Crippen MR) is 291 cm³/mol. The lowest BCUT2D eigenvalue weighted by molar-refractivity contribution is -0.137. The van der Waals surface area contributed by atoms with Crippen molar-refractivity contribution >= 4 is 40.9 Å². The first-order valence-electron chi connectivity index (χ1n) is 27.4. The molecular weight excluding hydrogens is 965 g/mol. The van der Waals surface area contributed by atoms with Crippen molar-refractivity contribution in [1.29, 1.82) is 0 Å². The Balaban J connectivity index is 0.664. The largest absolute Gasteiger partial charge is 0.494 e. The minimum Gasteiger partial charge on any atom is -0.494 e. The number of nitrogens with zero attached hydrogens (tertiary/aromatic N) is 4. The highest BCUT2D eigenvalue weighted by atomic mass is 16.5. The first-order chi connectivity index (χ1) is 37.0. The number of aromatic nitrogens is 2. The predicted octanol–water partition coefficient (Wildman–Crippen LogP) is 8.95. The molecule has 0 spiro atoms. The van der Waals surface area contributed by atoms with Crippen molar-refractivity contribution in [1.82, 2.24) is 30.4 Å². The highest BCUT2D eigenvalue weighted by Crippen LogP contribution is 2.40. The second-order valence-electron chi connectivity index (χ2n) is 20.1. The number of piperidine rings is 1. The van der Waals surface area contributed by atoms with Gasteiger partial charge in [0.1, 0.15) is 18.1 Å². The van der Waals surface area contributed by atoms with E-state index in [0.717, 1.165) is 74.1 Å². The monoisotopic (exact) mass is 1040 g/mol. The Kier molecular flexibility index (Phi) is 22.2. The molecule has 4 aromatic rings. The number of nitrogens with one attached hydrogen (secondary N) is 4. The molecule has 17 nitrogen and oxygen atoms in total. The van der Waals surface area contributed by atoms with Gasteiger partial charge in [-0.3, -0.25) is 29.3 Å². The molecule has 3 aromatic carbocycles. The lowest BCUT2D eigenvalue weighted by atomic mass is 9.82. The fourth-order valence-corrected chi connectivity index (χ4v) is 10.3.